The van der Waals surface area contributed by atoms with Crippen LogP contribution in [0.4, 0.5) is 52.4 Å². The molecule has 0 bridgehead atoms. The zero-order valence-corrected chi connectivity index (χ0v) is 57.6. The van der Waals surface area contributed by atoms with Gasteiger partial charge in [0.25, 0.3) is 0 Å². The molecule has 6 aromatic heterocycles. The molecule has 0 saturated carbocycles. The van der Waals surface area contributed by atoms with E-state index < -0.39 is 16.8 Å². The molecule has 6 aliphatic heterocycles. The van der Waals surface area contributed by atoms with Gasteiger partial charge in [-0.05, 0) is 133 Å². The first-order chi connectivity index (χ1) is 47.3. The Kier molecular flexibility index (Phi) is 18.6. The molecular weight excluding hydrogens is 1330 g/mol. The van der Waals surface area contributed by atoms with Crippen LogP contribution in [0.2, 0.25) is 15.1 Å². The molecule has 510 valence electrons. The number of fused-ring (bicyclic) bond motifs is 6. The number of ether oxygens (including phenoxy) is 3. The molecule has 99 heavy (non-hydrogen) atoms. The molecule has 3 saturated heterocycles. The number of aryl methyl sites for hydroxylation is 3. The van der Waals surface area contributed by atoms with Crippen molar-refractivity contribution in [1.29, 1.82) is 0 Å². The van der Waals surface area contributed by atoms with E-state index in [1.807, 2.05) is 36.4 Å². The molecule has 1 unspecified atom stereocenters. The summed E-state index contributed by atoms with van der Waals surface area (Å²) in [5.41, 5.74) is 23.0. The Hall–Kier alpha value is -9.36. The van der Waals surface area contributed by atoms with E-state index in [1.54, 1.807) is 59.7 Å². The van der Waals surface area contributed by atoms with E-state index in [1.165, 1.54) is 35.3 Å². The standard InChI is InChI=1S/3C24H24ClN5O3/c3*1-15-11-20(29-33-15)23(2,31)6-5-16-3-4-17-19(12-16)30(14-24(17)7-9-32-10-8-24)21-18(25)13-27-22(26)28-21/h3*3-4,11-13,31H,7-10,14H2,1-2H3,(H2,26,27,28)/t2*23-;/m10./s1. The summed E-state index contributed by atoms with van der Waals surface area (Å²) in [7, 11) is 0. The van der Waals surface area contributed by atoms with Gasteiger partial charge in [-0.1, -0.05) is 104 Å². The molecule has 3 fully saturated rings. The summed E-state index contributed by atoms with van der Waals surface area (Å²) in [5, 5.41) is 45.3. The average Bonchev–Trinajstić information content (AvgIpc) is 1.60. The van der Waals surface area contributed by atoms with Crippen molar-refractivity contribution in [2.24, 2.45) is 0 Å². The minimum absolute atomic E-state index is 0.0632. The molecule has 6 aliphatic rings. The molecule has 12 heterocycles. The molecule has 24 nitrogen and oxygen atoms in total. The average molecular weight is 1400 g/mol. The second-order valence-electron chi connectivity index (χ2n) is 26.3. The van der Waals surface area contributed by atoms with Crippen LogP contribution in [0.15, 0.2) is 105 Å². The van der Waals surface area contributed by atoms with Crippen molar-refractivity contribution in [3.05, 3.63) is 174 Å². The lowest BCUT2D eigenvalue weighted by atomic mass is 9.76. The third-order valence-electron chi connectivity index (χ3n) is 19.0. The minimum atomic E-state index is -1.44. The molecule has 3 atom stereocenters. The van der Waals surface area contributed by atoms with Crippen LogP contribution < -0.4 is 31.9 Å². The second-order valence-corrected chi connectivity index (χ2v) is 27.5. The molecule has 9 aromatic rings. The van der Waals surface area contributed by atoms with Gasteiger partial charge in [-0.25, -0.2) is 15.0 Å². The van der Waals surface area contributed by atoms with Crippen molar-refractivity contribution >= 4 is 87.2 Å². The lowest BCUT2D eigenvalue weighted by Gasteiger charge is -2.34. The molecule has 27 heteroatoms. The first-order valence-electron chi connectivity index (χ1n) is 32.2. The highest BCUT2D eigenvalue weighted by Gasteiger charge is 2.48. The zero-order valence-electron chi connectivity index (χ0n) is 55.3. The number of hydrogen-bond acceptors (Lipinski definition) is 24. The van der Waals surface area contributed by atoms with E-state index in [0.29, 0.717) is 126 Å². The summed E-state index contributed by atoms with van der Waals surface area (Å²) in [6, 6.07) is 23.3. The molecule has 3 spiro atoms. The third-order valence-corrected chi connectivity index (χ3v) is 19.8. The monoisotopic (exact) mass is 1400 g/mol. The highest BCUT2D eigenvalue weighted by atomic mass is 35.5. The molecule has 0 radical (unpaired) electrons. The van der Waals surface area contributed by atoms with Gasteiger partial charge in [-0.3, -0.25) is 0 Å². The van der Waals surface area contributed by atoms with Crippen molar-refractivity contribution in [1.82, 2.24) is 45.4 Å². The van der Waals surface area contributed by atoms with Crippen LogP contribution in [0, 0.1) is 56.3 Å². The van der Waals surface area contributed by atoms with Crippen LogP contribution in [0.5, 0.6) is 0 Å². The topological polar surface area (TPSA) is 332 Å². The summed E-state index contributed by atoms with van der Waals surface area (Å²) < 4.78 is 32.2. The number of hydrogen-bond donors (Lipinski definition) is 6. The maximum absolute atomic E-state index is 10.8. The van der Waals surface area contributed by atoms with E-state index in [9.17, 15) is 15.3 Å². The van der Waals surface area contributed by atoms with Crippen LogP contribution in [0.1, 0.15) is 127 Å². The lowest BCUT2D eigenvalue weighted by Crippen LogP contribution is -2.37. The Balaban J connectivity index is 0.000000133. The number of rotatable bonds is 6. The summed E-state index contributed by atoms with van der Waals surface area (Å²) in [4.78, 5) is 31.5. The van der Waals surface area contributed by atoms with Gasteiger partial charge in [0.05, 0.1) is 18.6 Å². The number of halogens is 3. The molecular formula is C72H72Cl3N15O9. The third kappa shape index (κ3) is 13.9. The van der Waals surface area contributed by atoms with Crippen molar-refractivity contribution in [2.75, 3.05) is 91.2 Å². The van der Waals surface area contributed by atoms with Gasteiger partial charge >= 0.3 is 0 Å². The van der Waals surface area contributed by atoms with E-state index in [2.05, 4.69) is 114 Å². The highest BCUT2D eigenvalue weighted by Crippen LogP contribution is 2.54. The Morgan fingerprint density at radius 1 is 0.424 bits per heavy atom. The van der Waals surface area contributed by atoms with Gasteiger partial charge in [0.1, 0.15) is 49.4 Å². The van der Waals surface area contributed by atoms with Crippen LogP contribution in [-0.2, 0) is 47.3 Å². The number of nitrogens with two attached hydrogens (primary N) is 3. The summed E-state index contributed by atoms with van der Waals surface area (Å²) in [6.45, 7) is 16.5. The van der Waals surface area contributed by atoms with Crippen LogP contribution in [0.3, 0.4) is 0 Å². The number of nitrogen functional groups attached to an aromatic ring is 3. The number of benzene rings is 3. The number of aromatic nitrogens is 9. The first kappa shape index (κ1) is 68.2. The fourth-order valence-corrected chi connectivity index (χ4v) is 14.2. The van der Waals surface area contributed by atoms with Gasteiger partial charge in [0, 0.05) is 127 Å². The fourth-order valence-electron chi connectivity index (χ4n) is 13.6. The number of anilines is 9. The largest absolute Gasteiger partial charge is 0.381 e. The molecule has 0 aliphatic carbocycles. The Labute approximate surface area is 586 Å². The predicted molar refractivity (Wildman–Crippen MR) is 373 cm³/mol. The van der Waals surface area contributed by atoms with Crippen LogP contribution in [0.25, 0.3) is 0 Å². The van der Waals surface area contributed by atoms with E-state index in [0.717, 1.165) is 72.3 Å². The van der Waals surface area contributed by atoms with E-state index in [-0.39, 0.29) is 34.1 Å². The predicted octanol–water partition coefficient (Wildman–Crippen LogP) is 10.4. The van der Waals surface area contributed by atoms with Gasteiger partial charge in [-0.2, -0.15) is 15.0 Å². The van der Waals surface area contributed by atoms with Crippen molar-refractivity contribution in [3.63, 3.8) is 0 Å². The highest BCUT2D eigenvalue weighted by molar-refractivity contribution is 6.33. The van der Waals surface area contributed by atoms with Crippen molar-refractivity contribution in [2.45, 2.75) is 113 Å². The number of aliphatic hydroxyl groups is 3. The Morgan fingerprint density at radius 3 is 0.929 bits per heavy atom. The maximum atomic E-state index is 10.8. The van der Waals surface area contributed by atoms with E-state index >= 15 is 0 Å². The van der Waals surface area contributed by atoms with Crippen molar-refractivity contribution < 1.29 is 43.1 Å². The van der Waals surface area contributed by atoms with Gasteiger partial charge in [-0.15, -0.1) is 0 Å². The molecule has 9 N–H and O–H groups in total. The fraction of sp³-hybridized carbons (Fsp3) is 0.375. The minimum Gasteiger partial charge on any atom is -0.381 e. The SMILES string of the molecule is Cc1cc(C(C)(O)C#Cc2ccc3c(c2)N(c2nc(N)ncc2Cl)CC32CCOCC2)no1.Cc1cc([C@@](C)(O)C#Cc2ccc3c(c2)N(c2nc(N)ncc2Cl)CC32CCOCC2)no1.Cc1cc([C@](C)(O)C#Cc2ccc3c(c2)N(c2nc(N)ncc2Cl)CC32CCOCC2)no1. The molecule has 15 rings (SSSR count). The van der Waals surface area contributed by atoms with Crippen LogP contribution >= 0.6 is 34.8 Å². The smallest absolute Gasteiger partial charge is 0.222 e. The van der Waals surface area contributed by atoms with Crippen molar-refractivity contribution in [3.8, 4) is 35.5 Å². The van der Waals surface area contributed by atoms with Crippen LogP contribution in [-0.4, -0.2) is 120 Å². The second kappa shape index (κ2) is 27.1. The summed E-state index contributed by atoms with van der Waals surface area (Å²) in [6.07, 6.45) is 9.98. The lowest BCUT2D eigenvalue weighted by molar-refractivity contribution is 0.0556. The Bertz CT molecular complexity index is 4280. The summed E-state index contributed by atoms with van der Waals surface area (Å²) >= 11 is 19.4. The summed E-state index contributed by atoms with van der Waals surface area (Å²) in [5.74, 6) is 22.1. The maximum Gasteiger partial charge on any atom is 0.222 e. The number of nitrogens with zero attached hydrogens (tertiary/aromatic N) is 12. The molecule has 3 aromatic carbocycles. The van der Waals surface area contributed by atoms with Gasteiger partial charge in [0.2, 0.25) is 17.8 Å². The van der Waals surface area contributed by atoms with E-state index in [4.69, 9.17) is 79.8 Å². The van der Waals surface area contributed by atoms with Gasteiger partial charge < -0.3 is 75.0 Å². The van der Waals surface area contributed by atoms with Gasteiger partial charge in [0.15, 0.2) is 34.3 Å². The zero-order chi connectivity index (χ0) is 69.7. The quantitative estimate of drug-likeness (QED) is 0.0843. The molecule has 0 amide bonds. The first-order valence-corrected chi connectivity index (χ1v) is 33.4. The normalized spacial score (nSPS) is 18.5. The Morgan fingerprint density at radius 2 is 0.687 bits per heavy atom.